The summed E-state index contributed by atoms with van der Waals surface area (Å²) in [5, 5.41) is 0.535. The van der Waals surface area contributed by atoms with Gasteiger partial charge in [0.15, 0.2) is 0 Å². The summed E-state index contributed by atoms with van der Waals surface area (Å²) in [4.78, 5) is 21.5. The number of rotatable bonds is 3. The molecule has 2 aromatic heterocycles. The summed E-state index contributed by atoms with van der Waals surface area (Å²) in [7, 11) is 0. The molecule has 4 rings (SSSR count). The van der Waals surface area contributed by atoms with E-state index in [-0.39, 0.29) is 5.56 Å². The smallest absolute Gasteiger partial charge is 0.261 e. The highest BCUT2D eigenvalue weighted by molar-refractivity contribution is 5.77. The first-order chi connectivity index (χ1) is 13.3. The summed E-state index contributed by atoms with van der Waals surface area (Å²) < 4.78 is 1.61. The zero-order valence-corrected chi connectivity index (χ0v) is 14.7. The lowest BCUT2D eigenvalue weighted by atomic mass is 10.1. The summed E-state index contributed by atoms with van der Waals surface area (Å²) in [6.07, 6.45) is 3.82. The Kier molecular flexibility index (Phi) is 4.76. The van der Waals surface area contributed by atoms with Crippen molar-refractivity contribution < 1.29 is 0 Å². The lowest BCUT2D eigenvalue weighted by Gasteiger charge is -2.06. The molecule has 2 aromatic carbocycles. The monoisotopic (exact) mass is 351 g/mol. The molecular weight excluding hydrogens is 334 g/mol. The summed E-state index contributed by atoms with van der Waals surface area (Å²) in [5.41, 5.74) is 3.28. The van der Waals surface area contributed by atoms with Gasteiger partial charge in [-0.2, -0.15) is 0 Å². The van der Waals surface area contributed by atoms with Gasteiger partial charge in [-0.1, -0.05) is 66.6 Å². The molecular formula is C23H17N3O. The van der Waals surface area contributed by atoms with E-state index in [1.165, 1.54) is 0 Å². The summed E-state index contributed by atoms with van der Waals surface area (Å²) >= 11 is 0. The Hall–Kier alpha value is -3.71. The van der Waals surface area contributed by atoms with E-state index in [0.717, 1.165) is 11.1 Å². The minimum Gasteiger partial charge on any atom is -0.294 e. The number of hydrogen-bond acceptors (Lipinski definition) is 3. The van der Waals surface area contributed by atoms with Crippen LogP contribution in [0, 0.1) is 11.8 Å². The van der Waals surface area contributed by atoms with E-state index in [4.69, 9.17) is 0 Å². The second-order valence-electron chi connectivity index (χ2n) is 6.21. The molecule has 0 aliphatic heterocycles. The van der Waals surface area contributed by atoms with Gasteiger partial charge in [-0.3, -0.25) is 9.36 Å². The number of hydrogen-bond donors (Lipinski definition) is 0. The van der Waals surface area contributed by atoms with Gasteiger partial charge >= 0.3 is 0 Å². The second-order valence-corrected chi connectivity index (χ2v) is 6.21. The van der Waals surface area contributed by atoms with Crippen LogP contribution in [-0.4, -0.2) is 14.5 Å². The first kappa shape index (κ1) is 16.7. The summed E-state index contributed by atoms with van der Waals surface area (Å²) in [6.45, 7) is 0.486. The molecule has 0 aliphatic rings. The molecule has 4 aromatic rings. The van der Waals surface area contributed by atoms with Crippen molar-refractivity contribution in [1.82, 2.24) is 14.5 Å². The molecule has 130 valence electrons. The highest BCUT2D eigenvalue weighted by atomic mass is 16.1. The van der Waals surface area contributed by atoms with E-state index in [2.05, 4.69) is 21.8 Å². The molecule has 2 heterocycles. The van der Waals surface area contributed by atoms with E-state index < -0.39 is 0 Å². The minimum atomic E-state index is -0.0858. The predicted octanol–water partition coefficient (Wildman–Crippen LogP) is 3.43. The van der Waals surface area contributed by atoms with Crippen LogP contribution in [0.3, 0.4) is 0 Å². The number of pyridine rings is 1. The van der Waals surface area contributed by atoms with Gasteiger partial charge in [-0.15, -0.1) is 0 Å². The van der Waals surface area contributed by atoms with E-state index >= 15 is 0 Å². The van der Waals surface area contributed by atoms with Crippen LogP contribution in [0.15, 0.2) is 84.0 Å². The fourth-order valence-electron chi connectivity index (χ4n) is 2.86. The first-order valence-corrected chi connectivity index (χ1v) is 8.71. The normalized spacial score (nSPS) is 10.4. The van der Waals surface area contributed by atoms with Crippen molar-refractivity contribution in [2.75, 3.05) is 0 Å². The van der Waals surface area contributed by atoms with Crippen LogP contribution in [0.4, 0.5) is 0 Å². The Balaban J connectivity index is 1.63. The Morgan fingerprint density at radius 3 is 2.33 bits per heavy atom. The molecule has 0 radical (unpaired) electrons. The van der Waals surface area contributed by atoms with Gasteiger partial charge in [0.05, 0.1) is 30.0 Å². The zero-order chi connectivity index (χ0) is 18.5. The fraction of sp³-hybridized carbons (Fsp3) is 0.0870. The van der Waals surface area contributed by atoms with Crippen LogP contribution in [0.2, 0.25) is 0 Å². The topological polar surface area (TPSA) is 47.8 Å². The van der Waals surface area contributed by atoms with Gasteiger partial charge in [0.1, 0.15) is 5.69 Å². The van der Waals surface area contributed by atoms with Gasteiger partial charge in [0.2, 0.25) is 0 Å². The molecule has 0 spiro atoms. The highest BCUT2D eigenvalue weighted by Gasteiger charge is 2.06. The van der Waals surface area contributed by atoms with E-state index in [1.54, 1.807) is 23.2 Å². The third kappa shape index (κ3) is 3.94. The van der Waals surface area contributed by atoms with E-state index in [9.17, 15) is 4.79 Å². The summed E-state index contributed by atoms with van der Waals surface area (Å²) in [5.74, 6) is 6.16. The Morgan fingerprint density at radius 2 is 1.59 bits per heavy atom. The van der Waals surface area contributed by atoms with Crippen molar-refractivity contribution in [3.8, 4) is 11.8 Å². The first-order valence-electron chi connectivity index (χ1n) is 8.71. The maximum absolute atomic E-state index is 12.8. The molecule has 0 fully saturated rings. The molecule has 0 bridgehead atoms. The van der Waals surface area contributed by atoms with Crippen molar-refractivity contribution in [3.63, 3.8) is 0 Å². The molecule has 4 heteroatoms. The zero-order valence-electron chi connectivity index (χ0n) is 14.7. The maximum Gasteiger partial charge on any atom is 0.261 e. The van der Waals surface area contributed by atoms with Gasteiger partial charge in [-0.05, 0) is 23.1 Å². The van der Waals surface area contributed by atoms with Gasteiger partial charge < -0.3 is 0 Å². The quantitative estimate of drug-likeness (QED) is 0.531. The molecule has 0 saturated carbocycles. The van der Waals surface area contributed by atoms with Crippen molar-refractivity contribution in [3.05, 3.63) is 106 Å². The molecule has 4 nitrogen and oxygen atoms in total. The SMILES string of the molecule is O=c1c2cc(C#CCc3ccccc3)ncc2ncn1Cc1ccccc1. The van der Waals surface area contributed by atoms with Crippen LogP contribution in [0.1, 0.15) is 16.8 Å². The second kappa shape index (κ2) is 7.67. The number of benzene rings is 2. The highest BCUT2D eigenvalue weighted by Crippen LogP contribution is 2.08. The molecule has 0 amide bonds. The van der Waals surface area contributed by atoms with Gasteiger partial charge in [0.25, 0.3) is 5.56 Å². The van der Waals surface area contributed by atoms with E-state index in [1.807, 2.05) is 60.7 Å². The third-order valence-corrected chi connectivity index (χ3v) is 4.26. The third-order valence-electron chi connectivity index (χ3n) is 4.26. The number of nitrogens with zero attached hydrogens (tertiary/aromatic N) is 3. The molecule has 0 atom stereocenters. The van der Waals surface area contributed by atoms with Crippen molar-refractivity contribution in [1.29, 1.82) is 0 Å². The minimum absolute atomic E-state index is 0.0858. The Labute approximate surface area is 157 Å². The molecule has 0 N–H and O–H groups in total. The largest absolute Gasteiger partial charge is 0.294 e. The van der Waals surface area contributed by atoms with Gasteiger partial charge in [0, 0.05) is 6.42 Å². The number of aromatic nitrogens is 3. The summed E-state index contributed by atoms with van der Waals surface area (Å²) in [6, 6.07) is 21.6. The lowest BCUT2D eigenvalue weighted by Crippen LogP contribution is -2.21. The fourth-order valence-corrected chi connectivity index (χ4v) is 2.86. The predicted molar refractivity (Wildman–Crippen MR) is 106 cm³/mol. The Bertz CT molecular complexity index is 1190. The molecule has 0 saturated heterocycles. The van der Waals surface area contributed by atoms with Crippen LogP contribution in [0.5, 0.6) is 0 Å². The van der Waals surface area contributed by atoms with Crippen LogP contribution in [-0.2, 0) is 13.0 Å². The van der Waals surface area contributed by atoms with Gasteiger partial charge in [-0.25, -0.2) is 9.97 Å². The van der Waals surface area contributed by atoms with Crippen LogP contribution < -0.4 is 5.56 Å². The van der Waals surface area contributed by atoms with Crippen molar-refractivity contribution in [2.45, 2.75) is 13.0 Å². The standard InChI is InChI=1S/C23H17N3O/c27-23-21-14-20(13-7-12-18-8-3-1-4-9-18)24-15-22(21)25-17-26(23)16-19-10-5-2-6-11-19/h1-6,8-11,14-15,17H,12,16H2. The maximum atomic E-state index is 12.8. The van der Waals surface area contributed by atoms with Crippen molar-refractivity contribution in [2.24, 2.45) is 0 Å². The average Bonchev–Trinajstić information content (AvgIpc) is 2.72. The number of fused-ring (bicyclic) bond motifs is 1. The van der Waals surface area contributed by atoms with Crippen LogP contribution in [0.25, 0.3) is 10.9 Å². The Morgan fingerprint density at radius 1 is 0.889 bits per heavy atom. The van der Waals surface area contributed by atoms with Crippen LogP contribution >= 0.6 is 0 Å². The van der Waals surface area contributed by atoms with E-state index in [0.29, 0.717) is 29.6 Å². The average molecular weight is 351 g/mol. The molecule has 0 unspecified atom stereocenters. The van der Waals surface area contributed by atoms with Crippen molar-refractivity contribution >= 4 is 10.9 Å². The lowest BCUT2D eigenvalue weighted by molar-refractivity contribution is 0.748. The molecule has 27 heavy (non-hydrogen) atoms. The molecule has 0 aliphatic carbocycles.